The molecule has 0 heterocycles. The van der Waals surface area contributed by atoms with Gasteiger partial charge >= 0.3 is 5.97 Å². The first-order valence-corrected chi connectivity index (χ1v) is 9.15. The molecule has 0 saturated carbocycles. The molecule has 0 radical (unpaired) electrons. The molecule has 0 aromatic heterocycles. The number of carbonyl (C=O) groups is 1. The molecule has 142 valence electrons. The van der Waals surface area contributed by atoms with Crippen LogP contribution in [0.15, 0.2) is 47.6 Å². The molecule has 0 bridgehead atoms. The van der Waals surface area contributed by atoms with Crippen LogP contribution in [-0.2, 0) is 20.0 Å². The van der Waals surface area contributed by atoms with Crippen molar-refractivity contribution in [1.82, 2.24) is 0 Å². The van der Waals surface area contributed by atoms with Gasteiger partial charge in [-0.05, 0) is 30.5 Å². The van der Waals surface area contributed by atoms with Crippen molar-refractivity contribution in [3.63, 3.8) is 0 Å². The van der Waals surface area contributed by atoms with Gasteiger partial charge in [-0.3, -0.25) is 10.1 Å². The van der Waals surface area contributed by atoms with Crippen molar-refractivity contribution in [3.05, 3.63) is 75.0 Å². The van der Waals surface area contributed by atoms with Gasteiger partial charge in [-0.25, -0.2) is 4.79 Å². The van der Waals surface area contributed by atoms with E-state index in [1.165, 1.54) is 32.2 Å². The first-order chi connectivity index (χ1) is 12.9. The highest BCUT2D eigenvalue weighted by Crippen LogP contribution is 2.34. The first kappa shape index (κ1) is 20.5. The Bertz CT molecular complexity index is 892. The van der Waals surface area contributed by atoms with Gasteiger partial charge in [-0.2, -0.15) is 0 Å². The Hall–Kier alpha value is -2.80. The van der Waals surface area contributed by atoms with Gasteiger partial charge in [-0.15, -0.1) is 11.8 Å². The number of thioether (sulfide) groups is 1. The molecule has 0 atom stereocenters. The molecular formula is C20H21NO5S. The standard InChI is InChI=1S/C20H21NO5S/c1-13-8-15(10-16(9-13)21(23)24)12-27-19-14(2)6-5-7-17(19)18(11-25-3)20(22)26-4/h5-11H,12H2,1-4H3. The fourth-order valence-corrected chi connectivity index (χ4v) is 3.80. The van der Waals surface area contributed by atoms with E-state index in [2.05, 4.69) is 0 Å². The van der Waals surface area contributed by atoms with Crippen molar-refractivity contribution in [2.45, 2.75) is 24.5 Å². The molecule has 0 amide bonds. The predicted molar refractivity (Wildman–Crippen MR) is 106 cm³/mol. The molecule has 27 heavy (non-hydrogen) atoms. The van der Waals surface area contributed by atoms with Crippen LogP contribution in [0.25, 0.3) is 5.57 Å². The first-order valence-electron chi connectivity index (χ1n) is 8.16. The van der Waals surface area contributed by atoms with Gasteiger partial charge < -0.3 is 9.47 Å². The van der Waals surface area contributed by atoms with Gasteiger partial charge in [-0.1, -0.05) is 24.3 Å². The zero-order valence-electron chi connectivity index (χ0n) is 15.6. The number of benzene rings is 2. The topological polar surface area (TPSA) is 78.7 Å². The molecule has 0 aliphatic carbocycles. The fraction of sp³-hybridized carbons (Fsp3) is 0.250. The van der Waals surface area contributed by atoms with Crippen molar-refractivity contribution >= 4 is 29.0 Å². The number of ether oxygens (including phenoxy) is 2. The van der Waals surface area contributed by atoms with Gasteiger partial charge in [0.2, 0.25) is 0 Å². The fourth-order valence-electron chi connectivity index (χ4n) is 2.69. The lowest BCUT2D eigenvalue weighted by molar-refractivity contribution is -0.385. The van der Waals surface area contributed by atoms with Crippen molar-refractivity contribution in [2.24, 2.45) is 0 Å². The maximum absolute atomic E-state index is 12.1. The minimum atomic E-state index is -0.490. The normalized spacial score (nSPS) is 11.2. The largest absolute Gasteiger partial charge is 0.503 e. The molecule has 0 aliphatic rings. The summed E-state index contributed by atoms with van der Waals surface area (Å²) in [6, 6.07) is 10.7. The number of esters is 1. The van der Waals surface area contributed by atoms with E-state index in [0.29, 0.717) is 16.9 Å². The van der Waals surface area contributed by atoms with Crippen LogP contribution in [0.1, 0.15) is 22.3 Å². The van der Waals surface area contributed by atoms with E-state index in [1.807, 2.05) is 38.1 Å². The second-order valence-electron chi connectivity index (χ2n) is 5.93. The van der Waals surface area contributed by atoms with Crippen molar-refractivity contribution in [1.29, 1.82) is 0 Å². The third-order valence-corrected chi connectivity index (χ3v) is 5.17. The molecule has 0 unspecified atom stereocenters. The molecule has 0 aliphatic heterocycles. The number of nitro benzene ring substituents is 1. The van der Waals surface area contributed by atoms with Crippen LogP contribution >= 0.6 is 11.8 Å². The Morgan fingerprint density at radius 3 is 2.59 bits per heavy atom. The predicted octanol–water partition coefficient (Wildman–Crippen LogP) is 4.66. The maximum Gasteiger partial charge on any atom is 0.341 e. The van der Waals surface area contributed by atoms with E-state index in [9.17, 15) is 14.9 Å². The number of rotatable bonds is 7. The lowest BCUT2D eigenvalue weighted by Crippen LogP contribution is -2.06. The summed E-state index contributed by atoms with van der Waals surface area (Å²) < 4.78 is 9.91. The highest BCUT2D eigenvalue weighted by molar-refractivity contribution is 7.98. The average molecular weight is 387 g/mol. The summed E-state index contributed by atoms with van der Waals surface area (Å²) in [6.45, 7) is 3.78. The Balaban J connectivity index is 2.39. The number of nitro groups is 1. The smallest absolute Gasteiger partial charge is 0.341 e. The van der Waals surface area contributed by atoms with Gasteiger partial charge in [0, 0.05) is 28.3 Å². The zero-order valence-corrected chi connectivity index (χ0v) is 16.5. The number of methoxy groups -OCH3 is 2. The lowest BCUT2D eigenvalue weighted by Gasteiger charge is -2.14. The van der Waals surface area contributed by atoms with E-state index in [0.717, 1.165) is 21.6 Å². The summed E-state index contributed by atoms with van der Waals surface area (Å²) in [4.78, 5) is 23.7. The minimum Gasteiger partial charge on any atom is -0.503 e. The summed E-state index contributed by atoms with van der Waals surface area (Å²) in [6.07, 6.45) is 1.36. The van der Waals surface area contributed by atoms with Gasteiger partial charge in [0.1, 0.15) is 5.57 Å². The van der Waals surface area contributed by atoms with Crippen LogP contribution in [-0.4, -0.2) is 25.1 Å². The van der Waals surface area contributed by atoms with Crippen LogP contribution in [0.3, 0.4) is 0 Å². The Kier molecular flexibility index (Phi) is 7.01. The molecule has 6 nitrogen and oxygen atoms in total. The second-order valence-corrected chi connectivity index (χ2v) is 6.92. The molecule has 0 fully saturated rings. The molecule has 2 aromatic rings. The molecule has 0 spiro atoms. The Morgan fingerprint density at radius 1 is 1.22 bits per heavy atom. The number of nitrogens with zero attached hydrogens (tertiary/aromatic N) is 1. The van der Waals surface area contributed by atoms with Gasteiger partial charge in [0.25, 0.3) is 5.69 Å². The Morgan fingerprint density at radius 2 is 1.96 bits per heavy atom. The summed E-state index contributed by atoms with van der Waals surface area (Å²) in [5, 5.41) is 11.1. The number of carbonyl (C=O) groups excluding carboxylic acids is 1. The summed E-state index contributed by atoms with van der Waals surface area (Å²) in [5.41, 5.74) is 3.77. The van der Waals surface area contributed by atoms with Crippen LogP contribution in [0.5, 0.6) is 0 Å². The third-order valence-electron chi connectivity index (χ3n) is 3.86. The number of aryl methyl sites for hydroxylation is 2. The van der Waals surface area contributed by atoms with E-state index in [1.54, 1.807) is 12.1 Å². The monoisotopic (exact) mass is 387 g/mol. The zero-order chi connectivity index (χ0) is 20.0. The summed E-state index contributed by atoms with van der Waals surface area (Å²) >= 11 is 1.51. The van der Waals surface area contributed by atoms with E-state index < -0.39 is 10.9 Å². The third kappa shape index (κ3) is 5.10. The highest BCUT2D eigenvalue weighted by atomic mass is 32.2. The molecule has 2 rings (SSSR count). The summed E-state index contributed by atoms with van der Waals surface area (Å²) in [5.74, 6) is 0.0393. The molecule has 2 aromatic carbocycles. The van der Waals surface area contributed by atoms with Crippen LogP contribution in [0.2, 0.25) is 0 Å². The summed E-state index contributed by atoms with van der Waals surface area (Å²) in [7, 11) is 2.79. The van der Waals surface area contributed by atoms with Gasteiger partial charge in [0.15, 0.2) is 0 Å². The molecule has 7 heteroatoms. The highest BCUT2D eigenvalue weighted by Gasteiger charge is 2.19. The molecular weight excluding hydrogens is 366 g/mol. The maximum atomic E-state index is 12.1. The SMILES string of the molecule is COC=C(C(=O)OC)c1cccc(C)c1SCc1cc(C)cc([N+](=O)[O-])c1. The van der Waals surface area contributed by atoms with E-state index >= 15 is 0 Å². The molecule has 0 saturated heterocycles. The van der Waals surface area contributed by atoms with Crippen LogP contribution in [0.4, 0.5) is 5.69 Å². The van der Waals surface area contributed by atoms with Crippen LogP contribution < -0.4 is 0 Å². The van der Waals surface area contributed by atoms with E-state index in [4.69, 9.17) is 9.47 Å². The number of hydrogen-bond acceptors (Lipinski definition) is 6. The minimum absolute atomic E-state index is 0.0742. The number of non-ortho nitro benzene ring substituents is 1. The average Bonchev–Trinajstić information content (AvgIpc) is 2.64. The number of hydrogen-bond donors (Lipinski definition) is 0. The van der Waals surface area contributed by atoms with E-state index in [-0.39, 0.29) is 5.69 Å². The lowest BCUT2D eigenvalue weighted by atomic mass is 10.0. The quantitative estimate of drug-likeness (QED) is 0.172. The van der Waals surface area contributed by atoms with Crippen molar-refractivity contribution < 1.29 is 19.2 Å². The van der Waals surface area contributed by atoms with Crippen molar-refractivity contribution in [3.8, 4) is 0 Å². The molecule has 0 N–H and O–H groups in total. The Labute approximate surface area is 162 Å². The van der Waals surface area contributed by atoms with Gasteiger partial charge in [0.05, 0.1) is 25.4 Å². The van der Waals surface area contributed by atoms with Crippen LogP contribution in [0, 0.1) is 24.0 Å². The second kappa shape index (κ2) is 9.23. The van der Waals surface area contributed by atoms with Crippen molar-refractivity contribution in [2.75, 3.05) is 14.2 Å².